The van der Waals surface area contributed by atoms with Crippen LogP contribution in [0.5, 0.6) is 0 Å². The minimum absolute atomic E-state index is 0.00193. The summed E-state index contributed by atoms with van der Waals surface area (Å²) in [5.74, 6) is 0.452. The topological polar surface area (TPSA) is 69.7 Å². The van der Waals surface area contributed by atoms with Gasteiger partial charge in [-0.3, -0.25) is 14.4 Å². The van der Waals surface area contributed by atoms with Crippen molar-refractivity contribution in [1.82, 2.24) is 9.80 Å². The first-order chi connectivity index (χ1) is 16.0. The Morgan fingerprint density at radius 2 is 1.45 bits per heavy atom. The molecule has 168 valence electrons. The second-order valence-corrected chi connectivity index (χ2v) is 9.00. The molecule has 2 atom stereocenters. The van der Waals surface area contributed by atoms with Crippen LogP contribution in [0.3, 0.4) is 0 Å². The molecule has 1 N–H and O–H groups in total. The average molecular weight is 442 g/mol. The molecule has 2 unspecified atom stereocenters. The Labute approximate surface area is 193 Å². The van der Waals surface area contributed by atoms with Crippen LogP contribution in [-0.2, 0) is 4.79 Å². The Hall–Kier alpha value is -3.67. The van der Waals surface area contributed by atoms with Gasteiger partial charge >= 0.3 is 0 Å². The lowest BCUT2D eigenvalue weighted by Gasteiger charge is -2.35. The van der Waals surface area contributed by atoms with Crippen molar-refractivity contribution in [2.24, 2.45) is 11.8 Å². The molecular weight excluding hydrogens is 414 g/mol. The van der Waals surface area contributed by atoms with Gasteiger partial charge in [-0.25, -0.2) is 0 Å². The quantitative estimate of drug-likeness (QED) is 0.665. The fourth-order valence-electron chi connectivity index (χ4n) is 4.53. The lowest BCUT2D eigenvalue weighted by Crippen LogP contribution is -2.50. The monoisotopic (exact) mass is 441 g/mol. The molecule has 5 rings (SSSR count). The average Bonchev–Trinajstić information content (AvgIpc) is 3.60. The van der Waals surface area contributed by atoms with Crippen LogP contribution in [0.25, 0.3) is 10.8 Å². The van der Waals surface area contributed by atoms with E-state index in [-0.39, 0.29) is 23.6 Å². The van der Waals surface area contributed by atoms with Gasteiger partial charge in [-0.15, -0.1) is 0 Å². The Kier molecular flexibility index (Phi) is 5.58. The van der Waals surface area contributed by atoms with Crippen LogP contribution >= 0.6 is 0 Å². The van der Waals surface area contributed by atoms with Gasteiger partial charge < -0.3 is 15.1 Å². The summed E-state index contributed by atoms with van der Waals surface area (Å²) in [5.41, 5.74) is 1.89. The zero-order chi connectivity index (χ0) is 22.9. The SMILES string of the molecule is CC1CC1C(=O)Nc1cccc(C(=O)N2CCN(C(=O)c3cccc4ccccc34)CC2)c1. The number of amides is 3. The first-order valence-electron chi connectivity index (χ1n) is 11.5. The maximum absolute atomic E-state index is 13.2. The van der Waals surface area contributed by atoms with E-state index in [4.69, 9.17) is 0 Å². The molecule has 1 heterocycles. The minimum Gasteiger partial charge on any atom is -0.335 e. The number of nitrogens with zero attached hydrogens (tertiary/aromatic N) is 2. The van der Waals surface area contributed by atoms with Gasteiger partial charge in [0, 0.05) is 48.9 Å². The van der Waals surface area contributed by atoms with E-state index in [0.29, 0.717) is 48.9 Å². The summed E-state index contributed by atoms with van der Waals surface area (Å²) in [6, 6.07) is 20.8. The van der Waals surface area contributed by atoms with Crippen molar-refractivity contribution in [3.05, 3.63) is 77.9 Å². The molecule has 1 saturated heterocycles. The zero-order valence-corrected chi connectivity index (χ0v) is 18.7. The van der Waals surface area contributed by atoms with Crippen molar-refractivity contribution in [2.45, 2.75) is 13.3 Å². The zero-order valence-electron chi connectivity index (χ0n) is 18.7. The summed E-state index contributed by atoms with van der Waals surface area (Å²) < 4.78 is 0. The molecule has 3 aromatic rings. The third-order valence-electron chi connectivity index (χ3n) is 6.70. The van der Waals surface area contributed by atoms with E-state index in [1.54, 1.807) is 23.1 Å². The van der Waals surface area contributed by atoms with Crippen molar-refractivity contribution in [2.75, 3.05) is 31.5 Å². The van der Waals surface area contributed by atoms with Gasteiger partial charge in [0.1, 0.15) is 0 Å². The summed E-state index contributed by atoms with van der Waals surface area (Å²) in [7, 11) is 0. The van der Waals surface area contributed by atoms with Crippen LogP contribution in [0, 0.1) is 11.8 Å². The lowest BCUT2D eigenvalue weighted by molar-refractivity contribution is -0.117. The number of hydrogen-bond donors (Lipinski definition) is 1. The Morgan fingerprint density at radius 1 is 0.818 bits per heavy atom. The van der Waals surface area contributed by atoms with Gasteiger partial charge in [-0.05, 0) is 47.4 Å². The summed E-state index contributed by atoms with van der Waals surface area (Å²) in [6.07, 6.45) is 0.923. The smallest absolute Gasteiger partial charge is 0.254 e. The Morgan fingerprint density at radius 3 is 2.18 bits per heavy atom. The van der Waals surface area contributed by atoms with E-state index in [0.717, 1.165) is 17.2 Å². The van der Waals surface area contributed by atoms with Crippen molar-refractivity contribution < 1.29 is 14.4 Å². The van der Waals surface area contributed by atoms with Crippen LogP contribution < -0.4 is 5.32 Å². The van der Waals surface area contributed by atoms with Crippen molar-refractivity contribution >= 4 is 34.2 Å². The number of carbonyl (C=O) groups excluding carboxylic acids is 3. The summed E-state index contributed by atoms with van der Waals surface area (Å²) >= 11 is 0. The van der Waals surface area contributed by atoms with Gasteiger partial charge in [-0.1, -0.05) is 49.4 Å². The molecule has 6 nitrogen and oxygen atoms in total. The molecule has 1 aliphatic heterocycles. The number of piperazine rings is 1. The number of benzene rings is 3. The highest BCUT2D eigenvalue weighted by atomic mass is 16.2. The Balaban J connectivity index is 1.23. The van der Waals surface area contributed by atoms with E-state index in [1.165, 1.54) is 0 Å². The molecule has 2 fully saturated rings. The molecule has 1 saturated carbocycles. The predicted octanol–water partition coefficient (Wildman–Crippen LogP) is 4.03. The van der Waals surface area contributed by atoms with E-state index in [1.807, 2.05) is 53.4 Å². The van der Waals surface area contributed by atoms with Gasteiger partial charge in [0.15, 0.2) is 0 Å². The maximum atomic E-state index is 13.2. The fourth-order valence-corrected chi connectivity index (χ4v) is 4.53. The van der Waals surface area contributed by atoms with Crippen molar-refractivity contribution in [3.63, 3.8) is 0 Å². The molecule has 33 heavy (non-hydrogen) atoms. The molecule has 6 heteroatoms. The number of rotatable bonds is 4. The van der Waals surface area contributed by atoms with E-state index in [2.05, 4.69) is 12.2 Å². The van der Waals surface area contributed by atoms with Gasteiger partial charge in [0.05, 0.1) is 0 Å². The van der Waals surface area contributed by atoms with E-state index in [9.17, 15) is 14.4 Å². The number of nitrogens with one attached hydrogen (secondary N) is 1. The lowest BCUT2D eigenvalue weighted by atomic mass is 10.0. The molecule has 0 bridgehead atoms. The highest BCUT2D eigenvalue weighted by molar-refractivity contribution is 6.07. The molecule has 3 amide bonds. The fraction of sp³-hybridized carbons (Fsp3) is 0.296. The van der Waals surface area contributed by atoms with Gasteiger partial charge in [-0.2, -0.15) is 0 Å². The predicted molar refractivity (Wildman–Crippen MR) is 128 cm³/mol. The first kappa shape index (κ1) is 21.2. The van der Waals surface area contributed by atoms with Gasteiger partial charge in [0.2, 0.25) is 5.91 Å². The third kappa shape index (κ3) is 4.33. The number of anilines is 1. The summed E-state index contributed by atoms with van der Waals surface area (Å²) in [4.78, 5) is 42.1. The van der Waals surface area contributed by atoms with Gasteiger partial charge in [0.25, 0.3) is 11.8 Å². The number of carbonyl (C=O) groups is 3. The van der Waals surface area contributed by atoms with Crippen molar-refractivity contribution in [3.8, 4) is 0 Å². The molecule has 0 radical (unpaired) electrons. The largest absolute Gasteiger partial charge is 0.335 e. The molecule has 0 spiro atoms. The van der Waals surface area contributed by atoms with Crippen LogP contribution in [0.1, 0.15) is 34.1 Å². The number of fused-ring (bicyclic) bond motifs is 1. The maximum Gasteiger partial charge on any atom is 0.254 e. The standard InChI is InChI=1S/C27H27N3O3/c1-18-16-24(18)25(31)28-21-9-4-8-20(17-21)26(32)29-12-14-30(15-13-29)27(33)23-11-5-7-19-6-2-3-10-22(19)23/h2-11,17-18,24H,12-16H2,1H3,(H,28,31). The minimum atomic E-state index is -0.0804. The second kappa shape index (κ2) is 8.70. The first-order valence-corrected chi connectivity index (χ1v) is 11.5. The van der Waals surface area contributed by atoms with E-state index >= 15 is 0 Å². The van der Waals surface area contributed by atoms with Crippen LogP contribution in [0.15, 0.2) is 66.7 Å². The third-order valence-corrected chi connectivity index (χ3v) is 6.70. The highest BCUT2D eigenvalue weighted by Crippen LogP contribution is 2.38. The molecular formula is C27H27N3O3. The molecule has 3 aromatic carbocycles. The summed E-state index contributed by atoms with van der Waals surface area (Å²) in [6.45, 7) is 4.00. The van der Waals surface area contributed by atoms with E-state index < -0.39 is 0 Å². The normalized spacial score (nSPS) is 19.9. The number of hydrogen-bond acceptors (Lipinski definition) is 3. The summed E-state index contributed by atoms with van der Waals surface area (Å²) in [5, 5.41) is 4.91. The van der Waals surface area contributed by atoms with Crippen LogP contribution in [0.2, 0.25) is 0 Å². The van der Waals surface area contributed by atoms with Crippen LogP contribution in [0.4, 0.5) is 5.69 Å². The van der Waals surface area contributed by atoms with Crippen LogP contribution in [-0.4, -0.2) is 53.7 Å². The molecule has 0 aromatic heterocycles. The highest BCUT2D eigenvalue weighted by Gasteiger charge is 2.39. The molecule has 1 aliphatic carbocycles. The molecule has 2 aliphatic rings. The Bertz CT molecular complexity index is 1220. The van der Waals surface area contributed by atoms with Crippen molar-refractivity contribution in [1.29, 1.82) is 0 Å². The second-order valence-electron chi connectivity index (χ2n) is 9.00.